The van der Waals surface area contributed by atoms with Crippen LogP contribution in [0.5, 0.6) is 0 Å². The van der Waals surface area contributed by atoms with Crippen LogP contribution in [0.2, 0.25) is 0 Å². The van der Waals surface area contributed by atoms with Gasteiger partial charge in [-0.25, -0.2) is 0 Å². The molecule has 2 nitrogen and oxygen atoms in total. The van der Waals surface area contributed by atoms with Gasteiger partial charge in [0, 0.05) is 28.4 Å². The molecule has 0 amide bonds. The molecule has 18 heavy (non-hydrogen) atoms. The lowest BCUT2D eigenvalue weighted by molar-refractivity contribution is 0.663. The average Bonchev–Trinajstić information content (AvgIpc) is 2.89. The quantitative estimate of drug-likeness (QED) is 0.873. The first-order chi connectivity index (χ1) is 8.42. The van der Waals surface area contributed by atoms with Crippen LogP contribution in [0.4, 0.5) is 0 Å². The van der Waals surface area contributed by atoms with Crippen molar-refractivity contribution in [2.24, 2.45) is 5.92 Å². The van der Waals surface area contributed by atoms with E-state index in [4.69, 9.17) is 0 Å². The van der Waals surface area contributed by atoms with Gasteiger partial charge in [0.1, 0.15) is 0 Å². The SMILES string of the molecule is Cl.c1cc2ccc(SCC3CCNC3)cc2cn1. The van der Waals surface area contributed by atoms with Crippen molar-refractivity contribution in [3.8, 4) is 0 Å². The van der Waals surface area contributed by atoms with Crippen molar-refractivity contribution in [1.29, 1.82) is 0 Å². The van der Waals surface area contributed by atoms with Gasteiger partial charge in [-0.05, 0) is 49.0 Å². The van der Waals surface area contributed by atoms with Gasteiger partial charge in [-0.3, -0.25) is 4.98 Å². The summed E-state index contributed by atoms with van der Waals surface area (Å²) in [4.78, 5) is 5.53. The summed E-state index contributed by atoms with van der Waals surface area (Å²) < 4.78 is 0. The van der Waals surface area contributed by atoms with Crippen molar-refractivity contribution in [3.63, 3.8) is 0 Å². The van der Waals surface area contributed by atoms with E-state index >= 15 is 0 Å². The number of nitrogens with one attached hydrogen (secondary N) is 1. The lowest BCUT2D eigenvalue weighted by Crippen LogP contribution is -2.10. The highest BCUT2D eigenvalue weighted by Crippen LogP contribution is 2.26. The summed E-state index contributed by atoms with van der Waals surface area (Å²) in [5.41, 5.74) is 0. The number of nitrogens with zero attached hydrogens (tertiary/aromatic N) is 1. The van der Waals surface area contributed by atoms with Gasteiger partial charge in [0.15, 0.2) is 0 Å². The Morgan fingerprint density at radius 1 is 1.28 bits per heavy atom. The molecular formula is C14H17ClN2S. The van der Waals surface area contributed by atoms with Gasteiger partial charge in [0.25, 0.3) is 0 Å². The Labute approximate surface area is 118 Å². The van der Waals surface area contributed by atoms with Gasteiger partial charge in [-0.1, -0.05) is 6.07 Å². The van der Waals surface area contributed by atoms with Crippen LogP contribution in [0, 0.1) is 5.92 Å². The molecule has 0 spiro atoms. The Hall–Kier alpha value is -0.770. The molecule has 0 bridgehead atoms. The number of hydrogen-bond acceptors (Lipinski definition) is 3. The summed E-state index contributed by atoms with van der Waals surface area (Å²) in [5, 5.41) is 5.92. The third-order valence-electron chi connectivity index (χ3n) is 3.26. The predicted octanol–water partition coefficient (Wildman–Crippen LogP) is 3.36. The molecule has 1 aromatic heterocycles. The third-order valence-corrected chi connectivity index (χ3v) is 4.49. The summed E-state index contributed by atoms with van der Waals surface area (Å²) in [6.07, 6.45) is 5.11. The fraction of sp³-hybridized carbons (Fsp3) is 0.357. The normalized spacial score (nSPS) is 18.8. The third kappa shape index (κ3) is 3.16. The molecule has 4 heteroatoms. The Kier molecular flexibility index (Phi) is 4.87. The smallest absolute Gasteiger partial charge is 0.0346 e. The molecule has 1 aromatic carbocycles. The molecule has 1 saturated heterocycles. The lowest BCUT2D eigenvalue weighted by Gasteiger charge is -2.08. The molecular weight excluding hydrogens is 264 g/mol. The molecule has 96 valence electrons. The van der Waals surface area contributed by atoms with Crippen LogP contribution < -0.4 is 5.32 Å². The Balaban J connectivity index is 0.00000120. The fourth-order valence-corrected chi connectivity index (χ4v) is 3.31. The van der Waals surface area contributed by atoms with E-state index in [9.17, 15) is 0 Å². The molecule has 0 aliphatic carbocycles. The van der Waals surface area contributed by atoms with Gasteiger partial charge in [-0.15, -0.1) is 24.2 Å². The first-order valence-corrected chi connectivity index (χ1v) is 7.08. The molecule has 2 heterocycles. The van der Waals surface area contributed by atoms with Gasteiger partial charge < -0.3 is 5.32 Å². The number of benzene rings is 1. The van der Waals surface area contributed by atoms with Crippen molar-refractivity contribution in [2.45, 2.75) is 11.3 Å². The van der Waals surface area contributed by atoms with Crippen molar-refractivity contribution >= 4 is 34.9 Å². The lowest BCUT2D eigenvalue weighted by atomic mass is 10.2. The van der Waals surface area contributed by atoms with Crippen molar-refractivity contribution in [1.82, 2.24) is 10.3 Å². The summed E-state index contributed by atoms with van der Waals surface area (Å²) in [6, 6.07) is 8.71. The number of thioether (sulfide) groups is 1. The van der Waals surface area contributed by atoms with E-state index in [1.807, 2.05) is 24.2 Å². The maximum absolute atomic E-state index is 4.17. The van der Waals surface area contributed by atoms with Gasteiger partial charge >= 0.3 is 0 Å². The number of fused-ring (bicyclic) bond motifs is 1. The van der Waals surface area contributed by atoms with Crippen LogP contribution in [0.1, 0.15) is 6.42 Å². The minimum absolute atomic E-state index is 0. The van der Waals surface area contributed by atoms with E-state index in [-0.39, 0.29) is 12.4 Å². The van der Waals surface area contributed by atoms with E-state index in [0.717, 1.165) is 5.92 Å². The van der Waals surface area contributed by atoms with Gasteiger partial charge in [0.05, 0.1) is 0 Å². The van der Waals surface area contributed by atoms with E-state index in [0.29, 0.717) is 0 Å². The molecule has 1 aliphatic rings. The molecule has 1 unspecified atom stereocenters. The highest BCUT2D eigenvalue weighted by atomic mass is 35.5. The second-order valence-corrected chi connectivity index (χ2v) is 5.65. The van der Waals surface area contributed by atoms with Crippen LogP contribution >= 0.6 is 24.2 Å². The Morgan fingerprint density at radius 2 is 2.22 bits per heavy atom. The van der Waals surface area contributed by atoms with Gasteiger partial charge in [-0.2, -0.15) is 0 Å². The number of pyridine rings is 1. The van der Waals surface area contributed by atoms with Crippen molar-refractivity contribution in [2.75, 3.05) is 18.8 Å². The molecule has 1 atom stereocenters. The molecule has 1 N–H and O–H groups in total. The van der Waals surface area contributed by atoms with Crippen LogP contribution in [0.15, 0.2) is 41.6 Å². The first-order valence-electron chi connectivity index (χ1n) is 6.09. The van der Waals surface area contributed by atoms with Crippen molar-refractivity contribution < 1.29 is 0 Å². The van der Waals surface area contributed by atoms with Crippen molar-refractivity contribution in [3.05, 3.63) is 36.7 Å². The highest BCUT2D eigenvalue weighted by Gasteiger charge is 2.14. The first kappa shape index (κ1) is 13.7. The zero-order valence-electron chi connectivity index (χ0n) is 10.1. The van der Waals surface area contributed by atoms with E-state index in [1.165, 1.54) is 40.9 Å². The summed E-state index contributed by atoms with van der Waals surface area (Å²) in [6.45, 7) is 2.37. The highest BCUT2D eigenvalue weighted by molar-refractivity contribution is 7.99. The fourth-order valence-electron chi connectivity index (χ4n) is 2.22. The zero-order chi connectivity index (χ0) is 11.5. The molecule has 1 fully saturated rings. The minimum Gasteiger partial charge on any atom is -0.316 e. The van der Waals surface area contributed by atoms with E-state index in [1.54, 1.807) is 0 Å². The molecule has 3 rings (SSSR count). The second kappa shape index (κ2) is 6.41. The van der Waals surface area contributed by atoms with Crippen LogP contribution in [-0.2, 0) is 0 Å². The Morgan fingerprint density at radius 3 is 3.06 bits per heavy atom. The number of rotatable bonds is 3. The van der Waals surface area contributed by atoms with E-state index < -0.39 is 0 Å². The number of aromatic nitrogens is 1. The maximum Gasteiger partial charge on any atom is 0.0346 e. The van der Waals surface area contributed by atoms with Gasteiger partial charge in [0.2, 0.25) is 0 Å². The monoisotopic (exact) mass is 280 g/mol. The zero-order valence-corrected chi connectivity index (χ0v) is 11.8. The molecule has 2 aromatic rings. The summed E-state index contributed by atoms with van der Waals surface area (Å²) in [5.74, 6) is 2.06. The summed E-state index contributed by atoms with van der Waals surface area (Å²) in [7, 11) is 0. The Bertz CT molecular complexity index is 512. The van der Waals surface area contributed by atoms with Crippen LogP contribution in [0.25, 0.3) is 10.8 Å². The number of halogens is 1. The minimum atomic E-state index is 0. The summed E-state index contributed by atoms with van der Waals surface area (Å²) >= 11 is 1.96. The van der Waals surface area contributed by atoms with E-state index in [2.05, 4.69) is 34.6 Å². The maximum atomic E-state index is 4.17. The predicted molar refractivity (Wildman–Crippen MR) is 80.7 cm³/mol. The standard InChI is InChI=1S/C14H16N2S.ClH/c1-2-14(17-10-11-3-5-15-8-11)7-13-9-16-6-4-12(1)13;/h1-2,4,6-7,9,11,15H,3,5,8,10H2;1H. The second-order valence-electron chi connectivity index (χ2n) is 4.55. The molecule has 0 radical (unpaired) electrons. The largest absolute Gasteiger partial charge is 0.316 e. The molecule has 0 saturated carbocycles. The number of hydrogen-bond donors (Lipinski definition) is 1. The topological polar surface area (TPSA) is 24.9 Å². The molecule has 1 aliphatic heterocycles. The van der Waals surface area contributed by atoms with Crippen LogP contribution in [0.3, 0.4) is 0 Å². The van der Waals surface area contributed by atoms with Crippen LogP contribution in [-0.4, -0.2) is 23.8 Å². The average molecular weight is 281 g/mol.